The maximum absolute atomic E-state index is 13.8. The van der Waals surface area contributed by atoms with Gasteiger partial charge < -0.3 is 19.5 Å². The van der Waals surface area contributed by atoms with E-state index in [1.165, 1.54) is 6.07 Å². The van der Waals surface area contributed by atoms with Gasteiger partial charge in [-0.3, -0.25) is 9.59 Å². The molecule has 0 radical (unpaired) electrons. The minimum Gasteiger partial charge on any atom is -0.497 e. The van der Waals surface area contributed by atoms with Crippen molar-refractivity contribution in [1.82, 2.24) is 14.8 Å². The maximum atomic E-state index is 13.8. The lowest BCUT2D eigenvalue weighted by Gasteiger charge is -2.29. The highest BCUT2D eigenvalue weighted by Gasteiger charge is 2.47. The van der Waals surface area contributed by atoms with Gasteiger partial charge >= 0.3 is 0 Å². The van der Waals surface area contributed by atoms with Crippen molar-refractivity contribution >= 4 is 16.8 Å². The molecule has 0 unspecified atom stereocenters. The van der Waals surface area contributed by atoms with Crippen LogP contribution in [0.3, 0.4) is 0 Å². The third kappa shape index (κ3) is 2.91. The molecule has 6 nitrogen and oxygen atoms in total. The molecule has 2 saturated heterocycles. The van der Waals surface area contributed by atoms with E-state index >= 15 is 0 Å². The molecule has 0 spiro atoms. The summed E-state index contributed by atoms with van der Waals surface area (Å²) in [5.74, 6) is 1.51. The van der Waals surface area contributed by atoms with Crippen molar-refractivity contribution in [3.63, 3.8) is 0 Å². The molecule has 30 heavy (non-hydrogen) atoms. The van der Waals surface area contributed by atoms with Crippen molar-refractivity contribution in [1.29, 1.82) is 0 Å². The number of aryl methyl sites for hydroxylation is 1. The minimum atomic E-state index is -0.167. The molecule has 1 aromatic heterocycles. The minimum absolute atomic E-state index is 0.0220. The third-order valence-electron chi connectivity index (χ3n) is 6.67. The molecule has 0 aliphatic carbocycles. The van der Waals surface area contributed by atoms with Crippen molar-refractivity contribution in [3.8, 4) is 5.75 Å². The Kier molecular flexibility index (Phi) is 4.59. The summed E-state index contributed by atoms with van der Waals surface area (Å²) in [5, 5.41) is 4.29. The predicted molar refractivity (Wildman–Crippen MR) is 116 cm³/mol. The monoisotopic (exact) mass is 403 g/mol. The summed E-state index contributed by atoms with van der Waals surface area (Å²) in [6, 6.07) is 17.1. The summed E-state index contributed by atoms with van der Waals surface area (Å²) in [6.45, 7) is 2.50. The lowest BCUT2D eigenvalue weighted by atomic mass is 9.89. The summed E-state index contributed by atoms with van der Waals surface area (Å²) >= 11 is 0. The number of hydrogen-bond donors (Lipinski definition) is 1. The van der Waals surface area contributed by atoms with E-state index in [2.05, 4.69) is 5.32 Å². The Bertz CT molecular complexity index is 1170. The number of likely N-dealkylation sites (tertiary alicyclic amines) is 1. The van der Waals surface area contributed by atoms with Gasteiger partial charge in [-0.05, 0) is 29.7 Å². The molecule has 6 heteroatoms. The van der Waals surface area contributed by atoms with Crippen LogP contribution in [0.4, 0.5) is 0 Å². The molecule has 154 valence electrons. The Morgan fingerprint density at radius 1 is 1.10 bits per heavy atom. The number of pyridine rings is 1. The fourth-order valence-corrected chi connectivity index (χ4v) is 5.10. The van der Waals surface area contributed by atoms with Crippen molar-refractivity contribution in [2.45, 2.75) is 6.04 Å². The fourth-order valence-electron chi connectivity index (χ4n) is 5.10. The summed E-state index contributed by atoms with van der Waals surface area (Å²) in [5.41, 5.74) is 2.20. The van der Waals surface area contributed by atoms with E-state index in [1.807, 2.05) is 53.4 Å². The number of ether oxygens (including phenoxy) is 1. The van der Waals surface area contributed by atoms with E-state index in [1.54, 1.807) is 18.7 Å². The van der Waals surface area contributed by atoms with Crippen molar-refractivity contribution < 1.29 is 9.53 Å². The summed E-state index contributed by atoms with van der Waals surface area (Å²) in [6.07, 6.45) is 0. The molecule has 1 N–H and O–H groups in total. The number of fused-ring (bicyclic) bond motifs is 2. The first-order valence-corrected chi connectivity index (χ1v) is 10.3. The van der Waals surface area contributed by atoms with Crippen molar-refractivity contribution in [2.75, 3.05) is 26.7 Å². The molecule has 2 aromatic carbocycles. The van der Waals surface area contributed by atoms with Gasteiger partial charge in [0.25, 0.3) is 11.5 Å². The topological polar surface area (TPSA) is 63.6 Å². The second-order valence-electron chi connectivity index (χ2n) is 8.23. The Balaban J connectivity index is 1.60. The maximum Gasteiger partial charge on any atom is 0.255 e. The van der Waals surface area contributed by atoms with Crippen molar-refractivity contribution in [3.05, 3.63) is 76.1 Å². The Hall–Kier alpha value is -3.12. The molecular weight excluding hydrogens is 378 g/mol. The number of rotatable bonds is 3. The molecule has 2 fully saturated rings. The number of carbonyl (C=O) groups excluding carboxylic acids is 1. The first-order chi connectivity index (χ1) is 14.6. The van der Waals surface area contributed by atoms with Gasteiger partial charge in [0.2, 0.25) is 0 Å². The van der Waals surface area contributed by atoms with E-state index in [0.717, 1.165) is 35.3 Å². The average Bonchev–Trinajstić information content (AvgIpc) is 3.37. The van der Waals surface area contributed by atoms with Crippen LogP contribution in [0.5, 0.6) is 5.75 Å². The molecule has 2 aliphatic heterocycles. The zero-order valence-corrected chi connectivity index (χ0v) is 17.2. The SMILES string of the molecule is COc1ccc([C@H]2[C@H]3CNC[C@H]3CN2C(=O)c2cc(=O)n(C)c3ccccc23)cc1. The van der Waals surface area contributed by atoms with E-state index < -0.39 is 0 Å². The van der Waals surface area contributed by atoms with E-state index in [4.69, 9.17) is 4.74 Å². The second kappa shape index (κ2) is 7.29. The van der Waals surface area contributed by atoms with Gasteiger partial charge in [-0.2, -0.15) is 0 Å². The normalized spacial score (nSPS) is 23.0. The first-order valence-electron chi connectivity index (χ1n) is 10.3. The molecule has 3 aromatic rings. The molecular formula is C24H25N3O3. The number of carbonyl (C=O) groups is 1. The number of aromatic nitrogens is 1. The van der Waals surface area contributed by atoms with Gasteiger partial charge in [0.05, 0.1) is 24.2 Å². The molecule has 1 amide bonds. The first kappa shape index (κ1) is 18.9. The number of benzene rings is 2. The van der Waals surface area contributed by atoms with Gasteiger partial charge in [0, 0.05) is 44.1 Å². The van der Waals surface area contributed by atoms with Crippen LogP contribution in [0.1, 0.15) is 22.0 Å². The number of nitrogens with zero attached hydrogens (tertiary/aromatic N) is 2. The van der Waals surface area contributed by atoms with Crippen LogP contribution in [-0.2, 0) is 7.05 Å². The largest absolute Gasteiger partial charge is 0.497 e. The highest BCUT2D eigenvalue weighted by Crippen LogP contribution is 2.43. The lowest BCUT2D eigenvalue weighted by Crippen LogP contribution is -2.35. The van der Waals surface area contributed by atoms with Crippen molar-refractivity contribution in [2.24, 2.45) is 18.9 Å². The highest BCUT2D eigenvalue weighted by atomic mass is 16.5. The van der Waals surface area contributed by atoms with Crippen LogP contribution >= 0.6 is 0 Å². The van der Waals surface area contributed by atoms with Crippen LogP contribution in [0.25, 0.3) is 10.9 Å². The summed E-state index contributed by atoms with van der Waals surface area (Å²) < 4.78 is 6.90. The number of hydrogen-bond acceptors (Lipinski definition) is 4. The van der Waals surface area contributed by atoms with Crippen LogP contribution in [0.2, 0.25) is 0 Å². The lowest BCUT2D eigenvalue weighted by molar-refractivity contribution is 0.0716. The predicted octanol–water partition coefficient (Wildman–Crippen LogP) is 2.58. The zero-order valence-electron chi connectivity index (χ0n) is 17.2. The van der Waals surface area contributed by atoms with Crippen LogP contribution in [0, 0.1) is 11.8 Å². The van der Waals surface area contributed by atoms with Crippen LogP contribution < -0.4 is 15.6 Å². The second-order valence-corrected chi connectivity index (χ2v) is 8.23. The number of para-hydroxylation sites is 1. The Labute approximate surface area is 175 Å². The number of methoxy groups -OCH3 is 1. The molecule has 0 bridgehead atoms. The quantitative estimate of drug-likeness (QED) is 0.730. The van der Waals surface area contributed by atoms with Gasteiger partial charge in [0.15, 0.2) is 0 Å². The fraction of sp³-hybridized carbons (Fsp3) is 0.333. The highest BCUT2D eigenvalue weighted by molar-refractivity contribution is 6.06. The standard InChI is InChI=1S/C24H25N3O3/c1-26-21-6-4-3-5-18(21)19(11-22(26)28)24(29)27-14-16-12-25-13-20(16)23(27)15-7-9-17(30-2)10-8-15/h3-11,16,20,23,25H,12-14H2,1-2H3/t16-,20-,23-/m0/s1. The van der Waals surface area contributed by atoms with E-state index in [-0.39, 0.29) is 17.5 Å². The molecule has 3 atom stereocenters. The van der Waals surface area contributed by atoms with Gasteiger partial charge in [-0.1, -0.05) is 30.3 Å². The molecule has 2 aliphatic rings. The Morgan fingerprint density at radius 3 is 2.63 bits per heavy atom. The molecule has 5 rings (SSSR count). The number of nitrogens with one attached hydrogen (secondary N) is 1. The number of amides is 1. The smallest absolute Gasteiger partial charge is 0.255 e. The molecule has 3 heterocycles. The third-order valence-corrected chi connectivity index (χ3v) is 6.67. The zero-order chi connectivity index (χ0) is 20.8. The van der Waals surface area contributed by atoms with Crippen LogP contribution in [0.15, 0.2) is 59.4 Å². The van der Waals surface area contributed by atoms with Gasteiger partial charge in [-0.15, -0.1) is 0 Å². The van der Waals surface area contributed by atoms with Gasteiger partial charge in [0.1, 0.15) is 5.75 Å². The Morgan fingerprint density at radius 2 is 1.87 bits per heavy atom. The summed E-state index contributed by atoms with van der Waals surface area (Å²) in [4.78, 5) is 28.3. The molecule has 0 saturated carbocycles. The van der Waals surface area contributed by atoms with Gasteiger partial charge in [-0.25, -0.2) is 0 Å². The average molecular weight is 403 g/mol. The van der Waals surface area contributed by atoms with E-state index in [0.29, 0.717) is 23.9 Å². The van der Waals surface area contributed by atoms with Crippen LogP contribution in [-0.4, -0.2) is 42.1 Å². The summed E-state index contributed by atoms with van der Waals surface area (Å²) in [7, 11) is 3.39. The van der Waals surface area contributed by atoms with E-state index in [9.17, 15) is 9.59 Å².